The second kappa shape index (κ2) is 6.49. The summed E-state index contributed by atoms with van der Waals surface area (Å²) in [6.07, 6.45) is 6.80. The topological polar surface area (TPSA) is 25.1 Å². The molecule has 2 rings (SSSR count). The van der Waals surface area contributed by atoms with Gasteiger partial charge in [0, 0.05) is 0 Å². The molecule has 0 spiro atoms. The molecule has 2 fully saturated rings. The van der Waals surface area contributed by atoms with E-state index in [0.29, 0.717) is 18.3 Å². The van der Waals surface area contributed by atoms with Gasteiger partial charge in [0.15, 0.2) is 0 Å². The summed E-state index contributed by atoms with van der Waals surface area (Å²) in [4.78, 5) is 0. The molecule has 2 heterocycles. The molecule has 90 valence electrons. The van der Waals surface area contributed by atoms with Gasteiger partial charge in [-0.15, -0.1) is 0 Å². The van der Waals surface area contributed by atoms with E-state index in [-0.39, 0.29) is 0 Å². The summed E-state index contributed by atoms with van der Waals surface area (Å²) in [6.45, 7) is 9.82. The predicted molar refractivity (Wildman–Crippen MR) is 63.1 cm³/mol. The van der Waals surface area contributed by atoms with Crippen molar-refractivity contribution >= 4 is 0 Å². The van der Waals surface area contributed by atoms with E-state index in [4.69, 9.17) is 9.47 Å². The van der Waals surface area contributed by atoms with Crippen LogP contribution in [-0.2, 0) is 9.47 Å². The lowest BCUT2D eigenvalue weighted by molar-refractivity contribution is 0.316. The molecule has 0 radical (unpaired) electrons. The normalized spacial score (nSPS) is 32.2. The van der Waals surface area contributed by atoms with Crippen LogP contribution in [-0.4, -0.2) is 24.9 Å². The van der Waals surface area contributed by atoms with Gasteiger partial charge in [-0.1, -0.05) is 40.5 Å². The van der Waals surface area contributed by atoms with Gasteiger partial charge in [-0.3, -0.25) is 0 Å². The van der Waals surface area contributed by atoms with Gasteiger partial charge >= 0.3 is 0 Å². The van der Waals surface area contributed by atoms with Crippen LogP contribution in [0.2, 0.25) is 0 Å². The van der Waals surface area contributed by atoms with Gasteiger partial charge in [-0.2, -0.15) is 0 Å². The Bertz CT molecular complexity index is 154. The predicted octanol–water partition coefficient (Wildman–Crippen LogP) is 3.40. The van der Waals surface area contributed by atoms with Gasteiger partial charge in [0.25, 0.3) is 0 Å². The van der Waals surface area contributed by atoms with Crippen molar-refractivity contribution in [3.8, 4) is 0 Å². The molecule has 3 unspecified atom stereocenters. The van der Waals surface area contributed by atoms with Gasteiger partial charge in [-0.25, -0.2) is 0 Å². The Morgan fingerprint density at radius 1 is 1.00 bits per heavy atom. The van der Waals surface area contributed by atoms with Crippen molar-refractivity contribution in [2.75, 3.05) is 6.61 Å². The molecule has 2 aliphatic heterocycles. The number of hydrogen-bond acceptors (Lipinski definition) is 2. The van der Waals surface area contributed by atoms with Gasteiger partial charge in [0.1, 0.15) is 0 Å². The van der Waals surface area contributed by atoms with Crippen molar-refractivity contribution < 1.29 is 9.47 Å². The Balaban J connectivity index is 0.000000151. The van der Waals surface area contributed by atoms with Gasteiger partial charge in [0.2, 0.25) is 0 Å². The fraction of sp³-hybridized carbons (Fsp3) is 1.00. The van der Waals surface area contributed by atoms with Gasteiger partial charge in [0.05, 0.1) is 24.9 Å². The van der Waals surface area contributed by atoms with Crippen LogP contribution in [0.4, 0.5) is 0 Å². The first kappa shape index (κ1) is 13.0. The summed E-state index contributed by atoms with van der Waals surface area (Å²) in [5.41, 5.74) is 0. The molecule has 0 aromatic carbocycles. The molecular weight excluding hydrogens is 188 g/mol. The second-order valence-corrected chi connectivity index (χ2v) is 4.48. The van der Waals surface area contributed by atoms with E-state index in [1.807, 2.05) is 0 Å². The molecule has 0 saturated carbocycles. The molecule has 2 nitrogen and oxygen atoms in total. The van der Waals surface area contributed by atoms with Crippen molar-refractivity contribution in [2.24, 2.45) is 5.92 Å². The van der Waals surface area contributed by atoms with Crippen LogP contribution in [0.15, 0.2) is 0 Å². The third-order valence-corrected chi connectivity index (χ3v) is 3.43. The minimum Gasteiger partial charge on any atom is -0.373 e. The number of ether oxygens (including phenoxy) is 2. The Hall–Kier alpha value is -0.0800. The SMILES string of the molecule is CCC(CC)C1CO1.CCC1OC1CC. The number of epoxide rings is 2. The molecule has 0 amide bonds. The van der Waals surface area contributed by atoms with E-state index in [9.17, 15) is 0 Å². The zero-order chi connectivity index (χ0) is 11.3. The van der Waals surface area contributed by atoms with E-state index >= 15 is 0 Å². The van der Waals surface area contributed by atoms with Crippen molar-refractivity contribution in [2.45, 2.75) is 71.7 Å². The first-order chi connectivity index (χ1) is 7.26. The quantitative estimate of drug-likeness (QED) is 0.655. The summed E-state index contributed by atoms with van der Waals surface area (Å²) in [5, 5.41) is 0. The highest BCUT2D eigenvalue weighted by molar-refractivity contribution is 4.81. The largest absolute Gasteiger partial charge is 0.373 e. The zero-order valence-corrected chi connectivity index (χ0v) is 10.7. The van der Waals surface area contributed by atoms with Crippen LogP contribution in [0.25, 0.3) is 0 Å². The van der Waals surface area contributed by atoms with E-state index in [0.717, 1.165) is 12.5 Å². The fourth-order valence-electron chi connectivity index (χ4n) is 2.04. The summed E-state index contributed by atoms with van der Waals surface area (Å²) in [7, 11) is 0. The van der Waals surface area contributed by atoms with E-state index in [1.54, 1.807) is 0 Å². The molecule has 2 aliphatic rings. The highest BCUT2D eigenvalue weighted by Crippen LogP contribution is 2.27. The molecule has 0 aromatic heterocycles. The molecule has 0 aromatic rings. The molecular formula is C13H26O2. The lowest BCUT2D eigenvalue weighted by atomic mass is 10.0. The lowest BCUT2D eigenvalue weighted by Crippen LogP contribution is -2.04. The van der Waals surface area contributed by atoms with Crippen LogP contribution < -0.4 is 0 Å². The molecule has 0 bridgehead atoms. The first-order valence-corrected chi connectivity index (χ1v) is 6.53. The number of hydrogen-bond donors (Lipinski definition) is 0. The van der Waals surface area contributed by atoms with Crippen LogP contribution in [0.1, 0.15) is 53.4 Å². The van der Waals surface area contributed by atoms with Crippen LogP contribution >= 0.6 is 0 Å². The minimum atomic E-state index is 0.616. The summed E-state index contributed by atoms with van der Waals surface area (Å²) in [6, 6.07) is 0. The van der Waals surface area contributed by atoms with E-state index in [1.165, 1.54) is 25.7 Å². The standard InChI is InChI=1S/C7H14O.C6H12O/c1-3-6(4-2)7-5-8-7;1-3-5-6(4-2)7-5/h6-7H,3-5H2,1-2H3;5-6H,3-4H2,1-2H3. The monoisotopic (exact) mass is 214 g/mol. The highest BCUT2D eigenvalue weighted by Gasteiger charge is 2.34. The third-order valence-electron chi connectivity index (χ3n) is 3.43. The molecule has 15 heavy (non-hydrogen) atoms. The van der Waals surface area contributed by atoms with Crippen molar-refractivity contribution in [1.82, 2.24) is 0 Å². The Kier molecular flexibility index (Phi) is 5.62. The van der Waals surface area contributed by atoms with Crippen LogP contribution in [0.5, 0.6) is 0 Å². The van der Waals surface area contributed by atoms with Crippen LogP contribution in [0, 0.1) is 5.92 Å². The van der Waals surface area contributed by atoms with Crippen molar-refractivity contribution in [1.29, 1.82) is 0 Å². The summed E-state index contributed by atoms with van der Waals surface area (Å²) < 4.78 is 10.4. The molecule has 3 atom stereocenters. The lowest BCUT2D eigenvalue weighted by Gasteiger charge is -2.05. The molecule has 2 heteroatoms. The Morgan fingerprint density at radius 3 is 1.60 bits per heavy atom. The first-order valence-electron chi connectivity index (χ1n) is 6.53. The average Bonchev–Trinajstić information content (AvgIpc) is 3.15. The van der Waals surface area contributed by atoms with Gasteiger partial charge < -0.3 is 9.47 Å². The fourth-order valence-corrected chi connectivity index (χ4v) is 2.04. The number of rotatable bonds is 5. The molecule has 0 N–H and O–H groups in total. The van der Waals surface area contributed by atoms with Crippen molar-refractivity contribution in [3.05, 3.63) is 0 Å². The van der Waals surface area contributed by atoms with Crippen LogP contribution in [0.3, 0.4) is 0 Å². The Morgan fingerprint density at radius 2 is 1.47 bits per heavy atom. The van der Waals surface area contributed by atoms with Gasteiger partial charge in [-0.05, 0) is 18.8 Å². The minimum absolute atomic E-state index is 0.616. The highest BCUT2D eigenvalue weighted by atomic mass is 16.6. The summed E-state index contributed by atoms with van der Waals surface area (Å²) in [5.74, 6) is 0.843. The Labute approximate surface area is 94.3 Å². The maximum Gasteiger partial charge on any atom is 0.0839 e. The molecule has 2 saturated heterocycles. The maximum atomic E-state index is 5.22. The van der Waals surface area contributed by atoms with E-state index < -0.39 is 0 Å². The summed E-state index contributed by atoms with van der Waals surface area (Å²) >= 11 is 0. The van der Waals surface area contributed by atoms with E-state index in [2.05, 4.69) is 27.7 Å². The average molecular weight is 214 g/mol. The third kappa shape index (κ3) is 4.52. The maximum absolute atomic E-state index is 5.22. The second-order valence-electron chi connectivity index (χ2n) is 4.48. The zero-order valence-electron chi connectivity index (χ0n) is 10.7. The smallest absolute Gasteiger partial charge is 0.0839 e. The molecule has 0 aliphatic carbocycles. The van der Waals surface area contributed by atoms with Crippen molar-refractivity contribution in [3.63, 3.8) is 0 Å².